The monoisotopic (exact) mass is 194 g/mol. The Kier molecular flexibility index (Phi) is 4.26. The molecule has 0 bridgehead atoms. The van der Waals surface area contributed by atoms with Crippen molar-refractivity contribution in [3.05, 3.63) is 24.3 Å². The summed E-state index contributed by atoms with van der Waals surface area (Å²) in [6, 6.07) is 7.53. The minimum atomic E-state index is -0.276. The molecule has 0 aliphatic heterocycles. The van der Waals surface area contributed by atoms with Crippen molar-refractivity contribution in [2.45, 2.75) is 25.9 Å². The van der Waals surface area contributed by atoms with E-state index in [-0.39, 0.29) is 6.10 Å². The number of nitrogens with one attached hydrogen (secondary N) is 1. The van der Waals surface area contributed by atoms with E-state index >= 15 is 0 Å². The largest absolute Gasteiger partial charge is 0.399 e. The maximum absolute atomic E-state index is 9.49. The second-order valence-electron chi connectivity index (χ2n) is 3.45. The molecule has 4 N–H and O–H groups in total. The highest BCUT2D eigenvalue weighted by molar-refractivity contribution is 5.54. The van der Waals surface area contributed by atoms with Gasteiger partial charge in [-0.1, -0.05) is 19.4 Å². The minimum absolute atomic E-state index is 0.276. The minimum Gasteiger partial charge on any atom is -0.399 e. The molecule has 0 saturated heterocycles. The molecule has 0 aromatic heterocycles. The zero-order valence-electron chi connectivity index (χ0n) is 8.53. The number of rotatable bonds is 5. The average Bonchev–Trinajstić information content (AvgIpc) is 2.15. The number of aliphatic hydroxyl groups excluding tert-OH is 1. The van der Waals surface area contributed by atoms with Crippen LogP contribution in [0.5, 0.6) is 0 Å². The van der Waals surface area contributed by atoms with Crippen molar-refractivity contribution in [2.24, 2.45) is 0 Å². The van der Waals surface area contributed by atoms with E-state index in [4.69, 9.17) is 5.73 Å². The van der Waals surface area contributed by atoms with Crippen LogP contribution in [0.2, 0.25) is 0 Å². The summed E-state index contributed by atoms with van der Waals surface area (Å²) in [6.07, 6.45) is 1.55. The summed E-state index contributed by atoms with van der Waals surface area (Å²) in [4.78, 5) is 0. The third-order valence-corrected chi connectivity index (χ3v) is 2.05. The molecule has 3 nitrogen and oxygen atoms in total. The van der Waals surface area contributed by atoms with Crippen LogP contribution in [-0.4, -0.2) is 17.8 Å². The number of nitrogen functional groups attached to an aromatic ring is 1. The van der Waals surface area contributed by atoms with Gasteiger partial charge in [0.2, 0.25) is 0 Å². The maximum Gasteiger partial charge on any atom is 0.0712 e. The fraction of sp³-hybridized carbons (Fsp3) is 0.455. The zero-order chi connectivity index (χ0) is 10.4. The Hall–Kier alpha value is -1.22. The Balaban J connectivity index is 2.37. The van der Waals surface area contributed by atoms with Crippen molar-refractivity contribution >= 4 is 11.4 Å². The number of hydrogen-bond acceptors (Lipinski definition) is 3. The molecule has 1 aromatic rings. The highest BCUT2D eigenvalue weighted by atomic mass is 16.3. The van der Waals surface area contributed by atoms with Crippen LogP contribution in [0, 0.1) is 0 Å². The van der Waals surface area contributed by atoms with Gasteiger partial charge in [-0.2, -0.15) is 0 Å². The molecule has 0 spiro atoms. The SMILES string of the molecule is CCCC(O)CNc1cccc(N)c1. The summed E-state index contributed by atoms with van der Waals surface area (Å²) in [7, 11) is 0. The number of anilines is 2. The lowest BCUT2D eigenvalue weighted by atomic mass is 10.2. The zero-order valence-corrected chi connectivity index (χ0v) is 8.53. The summed E-state index contributed by atoms with van der Waals surface area (Å²) >= 11 is 0. The van der Waals surface area contributed by atoms with Gasteiger partial charge in [0, 0.05) is 17.9 Å². The first-order valence-corrected chi connectivity index (χ1v) is 5.00. The fourth-order valence-electron chi connectivity index (χ4n) is 1.32. The van der Waals surface area contributed by atoms with E-state index < -0.39 is 0 Å². The van der Waals surface area contributed by atoms with E-state index in [1.54, 1.807) is 0 Å². The first kappa shape index (κ1) is 10.9. The molecule has 1 aromatic carbocycles. The third-order valence-electron chi connectivity index (χ3n) is 2.05. The number of benzene rings is 1. The summed E-state index contributed by atoms with van der Waals surface area (Å²) in [6.45, 7) is 2.64. The molecule has 1 atom stereocenters. The smallest absolute Gasteiger partial charge is 0.0712 e. The van der Waals surface area contributed by atoms with Crippen molar-refractivity contribution in [2.75, 3.05) is 17.6 Å². The highest BCUT2D eigenvalue weighted by Gasteiger charge is 2.01. The van der Waals surface area contributed by atoms with Crippen LogP contribution < -0.4 is 11.1 Å². The number of hydrogen-bond donors (Lipinski definition) is 3. The molecule has 14 heavy (non-hydrogen) atoms. The van der Waals surface area contributed by atoms with Crippen LogP contribution >= 0.6 is 0 Å². The molecule has 0 radical (unpaired) electrons. The first-order valence-electron chi connectivity index (χ1n) is 5.00. The van der Waals surface area contributed by atoms with Gasteiger partial charge >= 0.3 is 0 Å². The fourth-order valence-corrected chi connectivity index (χ4v) is 1.32. The van der Waals surface area contributed by atoms with Crippen LogP contribution in [0.4, 0.5) is 11.4 Å². The Morgan fingerprint density at radius 2 is 2.29 bits per heavy atom. The lowest BCUT2D eigenvalue weighted by Gasteiger charge is -2.11. The van der Waals surface area contributed by atoms with E-state index in [9.17, 15) is 5.11 Å². The molecule has 0 aliphatic carbocycles. The number of aliphatic hydroxyl groups is 1. The van der Waals surface area contributed by atoms with E-state index in [1.165, 1.54) is 0 Å². The Morgan fingerprint density at radius 3 is 2.93 bits per heavy atom. The Morgan fingerprint density at radius 1 is 1.50 bits per heavy atom. The summed E-state index contributed by atoms with van der Waals surface area (Å²) in [5.74, 6) is 0. The molecule has 0 heterocycles. The molecule has 78 valence electrons. The van der Waals surface area contributed by atoms with Gasteiger partial charge in [0.15, 0.2) is 0 Å². The van der Waals surface area contributed by atoms with Gasteiger partial charge in [-0.3, -0.25) is 0 Å². The van der Waals surface area contributed by atoms with E-state index in [0.717, 1.165) is 24.2 Å². The molecule has 3 heteroatoms. The normalized spacial score (nSPS) is 12.4. The number of nitrogens with two attached hydrogens (primary N) is 1. The van der Waals surface area contributed by atoms with Crippen LogP contribution in [-0.2, 0) is 0 Å². The van der Waals surface area contributed by atoms with Crippen LogP contribution in [0.3, 0.4) is 0 Å². The molecule has 0 amide bonds. The maximum atomic E-state index is 9.49. The van der Waals surface area contributed by atoms with Gasteiger partial charge in [0.1, 0.15) is 0 Å². The first-order chi connectivity index (χ1) is 6.72. The van der Waals surface area contributed by atoms with Gasteiger partial charge in [-0.05, 0) is 24.6 Å². The van der Waals surface area contributed by atoms with Gasteiger partial charge < -0.3 is 16.2 Å². The van der Waals surface area contributed by atoms with Crippen molar-refractivity contribution in [1.29, 1.82) is 0 Å². The standard InChI is InChI=1S/C11H18N2O/c1-2-4-11(14)8-13-10-6-3-5-9(12)7-10/h3,5-7,11,13-14H,2,4,8,12H2,1H3. The van der Waals surface area contributed by atoms with Crippen molar-refractivity contribution in [3.63, 3.8) is 0 Å². The molecular weight excluding hydrogens is 176 g/mol. The molecule has 0 aliphatic rings. The van der Waals surface area contributed by atoms with E-state index in [1.807, 2.05) is 24.3 Å². The van der Waals surface area contributed by atoms with Gasteiger partial charge in [0.25, 0.3) is 0 Å². The third kappa shape index (κ3) is 3.66. The molecule has 1 rings (SSSR count). The second kappa shape index (κ2) is 5.50. The van der Waals surface area contributed by atoms with Crippen LogP contribution in [0.1, 0.15) is 19.8 Å². The van der Waals surface area contributed by atoms with Crippen molar-refractivity contribution in [1.82, 2.24) is 0 Å². The molecular formula is C11H18N2O. The Bertz CT molecular complexity index is 276. The van der Waals surface area contributed by atoms with Gasteiger partial charge in [0.05, 0.1) is 6.10 Å². The summed E-state index contributed by atoms with van der Waals surface area (Å²) in [5.41, 5.74) is 7.32. The van der Waals surface area contributed by atoms with Crippen molar-refractivity contribution < 1.29 is 5.11 Å². The van der Waals surface area contributed by atoms with E-state index in [2.05, 4.69) is 12.2 Å². The second-order valence-corrected chi connectivity index (χ2v) is 3.45. The van der Waals surface area contributed by atoms with E-state index in [0.29, 0.717) is 6.54 Å². The topological polar surface area (TPSA) is 58.3 Å². The van der Waals surface area contributed by atoms with Crippen molar-refractivity contribution in [3.8, 4) is 0 Å². The predicted octanol–water partition coefficient (Wildman–Crippen LogP) is 1.84. The molecule has 0 saturated carbocycles. The summed E-state index contributed by atoms with van der Waals surface area (Å²) < 4.78 is 0. The highest BCUT2D eigenvalue weighted by Crippen LogP contribution is 2.11. The Labute approximate surface area is 84.9 Å². The average molecular weight is 194 g/mol. The molecule has 1 unspecified atom stereocenters. The van der Waals surface area contributed by atoms with Crippen LogP contribution in [0.25, 0.3) is 0 Å². The van der Waals surface area contributed by atoms with Crippen LogP contribution in [0.15, 0.2) is 24.3 Å². The lowest BCUT2D eigenvalue weighted by molar-refractivity contribution is 0.176. The predicted molar refractivity (Wildman–Crippen MR) is 60.3 cm³/mol. The quantitative estimate of drug-likeness (QED) is 0.627. The van der Waals surface area contributed by atoms with Gasteiger partial charge in [-0.25, -0.2) is 0 Å². The lowest BCUT2D eigenvalue weighted by Crippen LogP contribution is -2.18. The molecule has 0 fully saturated rings. The van der Waals surface area contributed by atoms with Gasteiger partial charge in [-0.15, -0.1) is 0 Å². The summed E-state index contributed by atoms with van der Waals surface area (Å²) in [5, 5.41) is 12.6.